The predicted octanol–water partition coefficient (Wildman–Crippen LogP) is 2.54. The van der Waals surface area contributed by atoms with Gasteiger partial charge in [-0.25, -0.2) is 0 Å². The zero-order valence-electron chi connectivity index (χ0n) is 12.5. The molecule has 0 amide bonds. The summed E-state index contributed by atoms with van der Waals surface area (Å²) in [7, 11) is 1.46. The zero-order chi connectivity index (χ0) is 14.8. The monoisotopic (exact) mass is 284 g/mol. The summed E-state index contributed by atoms with van der Waals surface area (Å²) in [4.78, 5) is 18.5. The molecule has 4 heteroatoms. The number of pyridine rings is 1. The third kappa shape index (κ3) is 2.90. The van der Waals surface area contributed by atoms with Crippen molar-refractivity contribution in [2.75, 3.05) is 20.2 Å². The van der Waals surface area contributed by atoms with Gasteiger partial charge in [0.15, 0.2) is 0 Å². The standard InChI is InChI=1S/C17H20N2O2/c1-12-9-14(15-5-3-4-6-16(15)18-12)11-19-8-7-13(10-19)17(20)21-2/h3-6,9,13H,7-8,10-11H2,1-2H3. The summed E-state index contributed by atoms with van der Waals surface area (Å²) in [5.74, 6) is -0.0718. The minimum absolute atomic E-state index is 0.0178. The van der Waals surface area contributed by atoms with Gasteiger partial charge in [0.25, 0.3) is 0 Å². The summed E-state index contributed by atoms with van der Waals surface area (Å²) in [6, 6.07) is 10.4. The summed E-state index contributed by atoms with van der Waals surface area (Å²) < 4.78 is 4.85. The maximum Gasteiger partial charge on any atom is 0.310 e. The number of carbonyl (C=O) groups is 1. The van der Waals surface area contributed by atoms with E-state index >= 15 is 0 Å². The number of hydrogen-bond donors (Lipinski definition) is 0. The average molecular weight is 284 g/mol. The van der Waals surface area contributed by atoms with E-state index in [1.165, 1.54) is 18.1 Å². The van der Waals surface area contributed by atoms with Crippen molar-refractivity contribution in [2.24, 2.45) is 5.92 Å². The molecular formula is C17H20N2O2. The SMILES string of the molecule is COC(=O)C1CCN(Cc2cc(C)nc3ccccc23)C1. The van der Waals surface area contributed by atoms with E-state index in [0.717, 1.165) is 37.3 Å². The minimum Gasteiger partial charge on any atom is -0.469 e. The highest BCUT2D eigenvalue weighted by Crippen LogP contribution is 2.24. The topological polar surface area (TPSA) is 42.4 Å². The lowest BCUT2D eigenvalue weighted by molar-refractivity contribution is -0.144. The number of aryl methyl sites for hydroxylation is 1. The summed E-state index contributed by atoms with van der Waals surface area (Å²) in [6.07, 6.45) is 0.884. The highest BCUT2D eigenvalue weighted by atomic mass is 16.5. The lowest BCUT2D eigenvalue weighted by atomic mass is 10.1. The molecule has 1 aliphatic heterocycles. The second kappa shape index (κ2) is 5.82. The van der Waals surface area contributed by atoms with Gasteiger partial charge in [0, 0.05) is 24.2 Å². The molecule has 2 aromatic rings. The molecule has 1 fully saturated rings. The van der Waals surface area contributed by atoms with Gasteiger partial charge >= 0.3 is 5.97 Å². The fourth-order valence-electron chi connectivity index (χ4n) is 3.10. The molecule has 110 valence electrons. The van der Waals surface area contributed by atoms with Crippen molar-refractivity contribution in [3.8, 4) is 0 Å². The van der Waals surface area contributed by atoms with Gasteiger partial charge < -0.3 is 4.74 Å². The molecule has 0 saturated carbocycles. The first-order chi connectivity index (χ1) is 10.2. The van der Waals surface area contributed by atoms with Crippen LogP contribution in [-0.4, -0.2) is 36.1 Å². The Labute approximate surface area is 124 Å². The average Bonchev–Trinajstić information content (AvgIpc) is 2.95. The van der Waals surface area contributed by atoms with Crippen LogP contribution in [-0.2, 0) is 16.1 Å². The van der Waals surface area contributed by atoms with E-state index < -0.39 is 0 Å². The highest BCUT2D eigenvalue weighted by Gasteiger charge is 2.29. The van der Waals surface area contributed by atoms with Crippen LogP contribution in [0.25, 0.3) is 10.9 Å². The van der Waals surface area contributed by atoms with Crippen LogP contribution in [0.1, 0.15) is 17.7 Å². The van der Waals surface area contributed by atoms with Gasteiger partial charge in [-0.15, -0.1) is 0 Å². The maximum atomic E-state index is 11.6. The van der Waals surface area contributed by atoms with Crippen molar-refractivity contribution in [3.63, 3.8) is 0 Å². The molecule has 0 radical (unpaired) electrons. The first-order valence-corrected chi connectivity index (χ1v) is 7.33. The molecule has 4 nitrogen and oxygen atoms in total. The predicted molar refractivity (Wildman–Crippen MR) is 81.9 cm³/mol. The number of fused-ring (bicyclic) bond motifs is 1. The molecule has 0 spiro atoms. The van der Waals surface area contributed by atoms with Gasteiger partial charge in [-0.2, -0.15) is 0 Å². The Hall–Kier alpha value is -1.94. The van der Waals surface area contributed by atoms with Crippen LogP contribution < -0.4 is 0 Å². The van der Waals surface area contributed by atoms with Crippen LogP contribution in [0.3, 0.4) is 0 Å². The quantitative estimate of drug-likeness (QED) is 0.812. The largest absolute Gasteiger partial charge is 0.469 e. The smallest absolute Gasteiger partial charge is 0.310 e. The Morgan fingerprint density at radius 3 is 3.05 bits per heavy atom. The Bertz CT molecular complexity index is 669. The maximum absolute atomic E-state index is 11.6. The zero-order valence-corrected chi connectivity index (χ0v) is 12.5. The fraction of sp³-hybridized carbons (Fsp3) is 0.412. The van der Waals surface area contributed by atoms with Gasteiger partial charge in [0.2, 0.25) is 0 Å². The van der Waals surface area contributed by atoms with E-state index in [9.17, 15) is 4.79 Å². The number of nitrogens with zero attached hydrogens (tertiary/aromatic N) is 2. The molecule has 0 N–H and O–H groups in total. The Morgan fingerprint density at radius 2 is 2.24 bits per heavy atom. The molecule has 1 aromatic heterocycles. The molecule has 1 aromatic carbocycles. The molecule has 3 rings (SSSR count). The summed E-state index contributed by atoms with van der Waals surface area (Å²) in [5.41, 5.74) is 3.35. The van der Waals surface area contributed by atoms with E-state index in [1.54, 1.807) is 0 Å². The molecule has 1 unspecified atom stereocenters. The molecule has 0 bridgehead atoms. The van der Waals surface area contributed by atoms with Crippen LogP contribution >= 0.6 is 0 Å². The Balaban J connectivity index is 1.81. The molecule has 1 atom stereocenters. The molecule has 2 heterocycles. The normalized spacial score (nSPS) is 19.0. The number of esters is 1. The van der Waals surface area contributed by atoms with Crippen molar-refractivity contribution in [3.05, 3.63) is 41.6 Å². The lowest BCUT2D eigenvalue weighted by Gasteiger charge is -2.17. The number of hydrogen-bond acceptors (Lipinski definition) is 4. The van der Waals surface area contributed by atoms with Crippen molar-refractivity contribution < 1.29 is 9.53 Å². The van der Waals surface area contributed by atoms with E-state index in [0.29, 0.717) is 0 Å². The van der Waals surface area contributed by atoms with Crippen molar-refractivity contribution in [1.82, 2.24) is 9.88 Å². The van der Waals surface area contributed by atoms with Gasteiger partial charge in [-0.1, -0.05) is 18.2 Å². The third-order valence-corrected chi connectivity index (χ3v) is 4.13. The van der Waals surface area contributed by atoms with E-state index in [-0.39, 0.29) is 11.9 Å². The number of aromatic nitrogens is 1. The summed E-state index contributed by atoms with van der Waals surface area (Å²) >= 11 is 0. The number of para-hydroxylation sites is 1. The lowest BCUT2D eigenvalue weighted by Crippen LogP contribution is -2.23. The van der Waals surface area contributed by atoms with Crippen molar-refractivity contribution in [2.45, 2.75) is 19.9 Å². The van der Waals surface area contributed by atoms with Crippen LogP contribution in [0, 0.1) is 12.8 Å². The van der Waals surface area contributed by atoms with Crippen LogP contribution in [0.2, 0.25) is 0 Å². The second-order valence-electron chi connectivity index (χ2n) is 5.68. The molecule has 1 aliphatic rings. The number of likely N-dealkylation sites (tertiary alicyclic amines) is 1. The van der Waals surface area contributed by atoms with E-state index in [2.05, 4.69) is 22.0 Å². The number of methoxy groups -OCH3 is 1. The van der Waals surface area contributed by atoms with Crippen LogP contribution in [0.15, 0.2) is 30.3 Å². The minimum atomic E-state index is -0.0896. The number of carbonyl (C=O) groups excluding carboxylic acids is 1. The molecule has 1 saturated heterocycles. The van der Waals surface area contributed by atoms with Crippen molar-refractivity contribution >= 4 is 16.9 Å². The van der Waals surface area contributed by atoms with Gasteiger partial charge in [-0.3, -0.25) is 14.7 Å². The molecule has 0 aliphatic carbocycles. The Morgan fingerprint density at radius 1 is 1.43 bits per heavy atom. The number of benzene rings is 1. The summed E-state index contributed by atoms with van der Waals surface area (Å²) in [5, 5.41) is 1.20. The van der Waals surface area contributed by atoms with E-state index in [1.807, 2.05) is 25.1 Å². The highest BCUT2D eigenvalue weighted by molar-refractivity contribution is 5.82. The molecule has 21 heavy (non-hydrogen) atoms. The third-order valence-electron chi connectivity index (χ3n) is 4.13. The van der Waals surface area contributed by atoms with Gasteiger partial charge in [-0.05, 0) is 37.6 Å². The summed E-state index contributed by atoms with van der Waals surface area (Å²) in [6.45, 7) is 4.60. The van der Waals surface area contributed by atoms with Crippen LogP contribution in [0.5, 0.6) is 0 Å². The Kier molecular flexibility index (Phi) is 3.88. The van der Waals surface area contributed by atoms with E-state index in [4.69, 9.17) is 4.74 Å². The van der Waals surface area contributed by atoms with Crippen molar-refractivity contribution in [1.29, 1.82) is 0 Å². The number of ether oxygens (including phenoxy) is 1. The van der Waals surface area contributed by atoms with Gasteiger partial charge in [0.1, 0.15) is 0 Å². The first-order valence-electron chi connectivity index (χ1n) is 7.33. The van der Waals surface area contributed by atoms with Crippen LogP contribution in [0.4, 0.5) is 0 Å². The number of rotatable bonds is 3. The second-order valence-corrected chi connectivity index (χ2v) is 5.68. The first kappa shape index (κ1) is 14.0. The fourth-order valence-corrected chi connectivity index (χ4v) is 3.10. The van der Waals surface area contributed by atoms with Gasteiger partial charge in [0.05, 0.1) is 18.5 Å². The molecular weight excluding hydrogens is 264 g/mol.